The highest BCUT2D eigenvalue weighted by molar-refractivity contribution is 7.09. The maximum Gasteiger partial charge on any atom is 0.0947 e. The summed E-state index contributed by atoms with van der Waals surface area (Å²) in [6.07, 6.45) is 0.755. The molecule has 0 fully saturated rings. The number of rotatable bonds is 3. The lowest BCUT2D eigenvalue weighted by Crippen LogP contribution is -2.20. The molecule has 1 atom stereocenters. The quantitative estimate of drug-likeness (QED) is 0.940. The van der Waals surface area contributed by atoms with Gasteiger partial charge in [-0.3, -0.25) is 0 Å². The van der Waals surface area contributed by atoms with Crippen LogP contribution < -0.4 is 5.73 Å². The first-order chi connectivity index (χ1) is 8.38. The van der Waals surface area contributed by atoms with Crippen molar-refractivity contribution in [3.63, 3.8) is 0 Å². The van der Waals surface area contributed by atoms with Crippen LogP contribution in [0.2, 0.25) is 0 Å². The molecule has 0 amide bonds. The number of nitrogens with two attached hydrogens (primary N) is 1. The molecule has 0 aromatic carbocycles. The Morgan fingerprint density at radius 1 is 1.39 bits per heavy atom. The number of nitrogens with zero attached hydrogens (tertiary/aromatic N) is 3. The Balaban J connectivity index is 2.19. The maximum absolute atomic E-state index is 6.28. The molecule has 98 valence electrons. The van der Waals surface area contributed by atoms with Crippen molar-refractivity contribution in [1.29, 1.82) is 0 Å². The van der Waals surface area contributed by atoms with E-state index in [1.54, 1.807) is 11.3 Å². The van der Waals surface area contributed by atoms with Crippen molar-refractivity contribution < 1.29 is 0 Å². The molecular weight excluding hydrogens is 264 g/mol. The van der Waals surface area contributed by atoms with E-state index in [9.17, 15) is 0 Å². The van der Waals surface area contributed by atoms with Crippen molar-refractivity contribution in [2.75, 3.05) is 0 Å². The summed E-state index contributed by atoms with van der Waals surface area (Å²) in [4.78, 5) is 5.53. The normalized spacial score (nSPS) is 13.8. The Bertz CT molecular complexity index is 524. The van der Waals surface area contributed by atoms with Gasteiger partial charge in [0.15, 0.2) is 0 Å². The van der Waals surface area contributed by atoms with Crippen LogP contribution in [0.15, 0.2) is 5.38 Å². The summed E-state index contributed by atoms with van der Waals surface area (Å²) in [5, 5.41) is 7.36. The fourth-order valence-electron chi connectivity index (χ4n) is 1.74. The van der Waals surface area contributed by atoms with Crippen molar-refractivity contribution in [2.45, 2.75) is 45.6 Å². The highest BCUT2D eigenvalue weighted by Gasteiger charge is 2.26. The predicted octanol–water partition coefficient (Wildman–Crippen LogP) is 2.84. The number of thiazole rings is 1. The highest BCUT2D eigenvalue weighted by atomic mass is 32.1. The van der Waals surface area contributed by atoms with Crippen LogP contribution in [0.4, 0.5) is 0 Å². The van der Waals surface area contributed by atoms with E-state index in [1.165, 1.54) is 11.5 Å². The third-order valence-electron chi connectivity index (χ3n) is 2.62. The third kappa shape index (κ3) is 2.93. The molecule has 4 nitrogen and oxygen atoms in total. The molecule has 2 heterocycles. The third-order valence-corrected chi connectivity index (χ3v) is 4.47. The van der Waals surface area contributed by atoms with Gasteiger partial charge in [-0.1, -0.05) is 25.3 Å². The van der Waals surface area contributed by atoms with Crippen LogP contribution in [0.25, 0.3) is 0 Å². The van der Waals surface area contributed by atoms with E-state index in [1.807, 2.05) is 6.92 Å². The summed E-state index contributed by atoms with van der Waals surface area (Å²) in [6, 6.07) is -0.0650. The number of aryl methyl sites for hydroxylation is 1. The van der Waals surface area contributed by atoms with Crippen LogP contribution in [0.5, 0.6) is 0 Å². The fourth-order valence-corrected chi connectivity index (χ4v) is 3.43. The van der Waals surface area contributed by atoms with Gasteiger partial charge in [0.2, 0.25) is 0 Å². The van der Waals surface area contributed by atoms with E-state index in [0.29, 0.717) is 0 Å². The standard InChI is InChI=1S/C12H18N4S2/c1-7-6-17-9(14-7)5-8(13)10-11(12(2,3)4)15-16-18-10/h6,8H,5,13H2,1-4H3. The average molecular weight is 282 g/mol. The Labute approximate surface area is 115 Å². The van der Waals surface area contributed by atoms with E-state index in [-0.39, 0.29) is 11.5 Å². The summed E-state index contributed by atoms with van der Waals surface area (Å²) in [5.74, 6) is 0. The molecule has 2 aromatic rings. The minimum absolute atomic E-state index is 0.0151. The van der Waals surface area contributed by atoms with Crippen LogP contribution in [0, 0.1) is 6.92 Å². The van der Waals surface area contributed by atoms with Crippen LogP contribution >= 0.6 is 22.9 Å². The summed E-state index contributed by atoms with van der Waals surface area (Å²) < 4.78 is 4.05. The Morgan fingerprint density at radius 3 is 2.67 bits per heavy atom. The largest absolute Gasteiger partial charge is 0.323 e. The topological polar surface area (TPSA) is 64.7 Å². The maximum atomic E-state index is 6.28. The minimum atomic E-state index is -0.0650. The van der Waals surface area contributed by atoms with Crippen LogP contribution in [-0.4, -0.2) is 14.6 Å². The zero-order chi connectivity index (χ0) is 13.3. The lowest BCUT2D eigenvalue weighted by atomic mass is 9.90. The summed E-state index contributed by atoms with van der Waals surface area (Å²) in [6.45, 7) is 8.40. The molecule has 2 aromatic heterocycles. The lowest BCUT2D eigenvalue weighted by molar-refractivity contribution is 0.550. The van der Waals surface area contributed by atoms with Gasteiger partial charge in [0.25, 0.3) is 0 Å². The zero-order valence-electron chi connectivity index (χ0n) is 11.1. The molecule has 18 heavy (non-hydrogen) atoms. The average Bonchev–Trinajstić information content (AvgIpc) is 2.85. The van der Waals surface area contributed by atoms with Gasteiger partial charge in [-0.05, 0) is 18.5 Å². The number of hydrogen-bond acceptors (Lipinski definition) is 6. The molecule has 6 heteroatoms. The van der Waals surface area contributed by atoms with Crippen molar-refractivity contribution >= 4 is 22.9 Å². The van der Waals surface area contributed by atoms with Gasteiger partial charge in [0.05, 0.1) is 15.6 Å². The molecule has 1 unspecified atom stereocenters. The first kappa shape index (κ1) is 13.6. The Kier molecular flexibility index (Phi) is 3.79. The van der Waals surface area contributed by atoms with Crippen molar-refractivity contribution in [2.24, 2.45) is 5.73 Å². The SMILES string of the molecule is Cc1csc(CC(N)c2snnc2C(C)(C)C)n1. The van der Waals surface area contributed by atoms with E-state index >= 15 is 0 Å². The zero-order valence-corrected chi connectivity index (χ0v) is 12.7. The molecule has 0 aliphatic rings. The van der Waals surface area contributed by atoms with Gasteiger partial charge in [0.1, 0.15) is 0 Å². The molecule has 2 rings (SSSR count). The smallest absolute Gasteiger partial charge is 0.0947 e. The first-order valence-electron chi connectivity index (χ1n) is 5.87. The van der Waals surface area contributed by atoms with Gasteiger partial charge >= 0.3 is 0 Å². The van der Waals surface area contributed by atoms with Gasteiger partial charge in [-0.2, -0.15) is 0 Å². The number of aromatic nitrogens is 3. The number of hydrogen-bond donors (Lipinski definition) is 1. The molecule has 0 saturated carbocycles. The highest BCUT2D eigenvalue weighted by Crippen LogP contribution is 2.31. The van der Waals surface area contributed by atoms with E-state index in [4.69, 9.17) is 5.73 Å². The summed E-state index contributed by atoms with van der Waals surface area (Å²) in [5.41, 5.74) is 8.32. The van der Waals surface area contributed by atoms with Crippen molar-refractivity contribution in [3.8, 4) is 0 Å². The van der Waals surface area contributed by atoms with Crippen LogP contribution in [0.1, 0.15) is 48.1 Å². The molecular formula is C12H18N4S2. The minimum Gasteiger partial charge on any atom is -0.323 e. The predicted molar refractivity (Wildman–Crippen MR) is 76.1 cm³/mol. The van der Waals surface area contributed by atoms with E-state index in [0.717, 1.165) is 27.7 Å². The summed E-state index contributed by atoms with van der Waals surface area (Å²) >= 11 is 3.06. The molecule has 0 spiro atoms. The molecule has 0 aliphatic carbocycles. The second-order valence-electron chi connectivity index (χ2n) is 5.43. The Morgan fingerprint density at radius 2 is 2.11 bits per heavy atom. The molecule has 0 radical (unpaired) electrons. The second-order valence-corrected chi connectivity index (χ2v) is 7.16. The second kappa shape index (κ2) is 5.03. The van der Waals surface area contributed by atoms with Crippen molar-refractivity contribution in [3.05, 3.63) is 26.7 Å². The van der Waals surface area contributed by atoms with E-state index < -0.39 is 0 Å². The van der Waals surface area contributed by atoms with Gasteiger partial charge in [0, 0.05) is 29.0 Å². The van der Waals surface area contributed by atoms with Crippen LogP contribution in [0.3, 0.4) is 0 Å². The van der Waals surface area contributed by atoms with Crippen LogP contribution in [-0.2, 0) is 11.8 Å². The monoisotopic (exact) mass is 282 g/mol. The molecule has 0 aliphatic heterocycles. The fraction of sp³-hybridized carbons (Fsp3) is 0.583. The van der Waals surface area contributed by atoms with Gasteiger partial charge in [-0.15, -0.1) is 16.4 Å². The van der Waals surface area contributed by atoms with E-state index in [2.05, 4.69) is 40.7 Å². The molecule has 0 saturated heterocycles. The van der Waals surface area contributed by atoms with Gasteiger partial charge < -0.3 is 5.73 Å². The summed E-state index contributed by atoms with van der Waals surface area (Å²) in [7, 11) is 0. The first-order valence-corrected chi connectivity index (χ1v) is 7.52. The Hall–Kier alpha value is -0.850. The lowest BCUT2D eigenvalue weighted by Gasteiger charge is -2.18. The molecule has 2 N–H and O–H groups in total. The van der Waals surface area contributed by atoms with Gasteiger partial charge in [-0.25, -0.2) is 4.98 Å². The van der Waals surface area contributed by atoms with Crippen molar-refractivity contribution in [1.82, 2.24) is 14.6 Å². The molecule has 0 bridgehead atoms.